The normalized spacial score (nSPS) is 30.3. The molecule has 1 aliphatic rings. The van der Waals surface area contributed by atoms with Crippen molar-refractivity contribution in [3.63, 3.8) is 0 Å². The number of halogens is 1. The van der Waals surface area contributed by atoms with E-state index in [1.807, 2.05) is 12.1 Å². The van der Waals surface area contributed by atoms with Crippen LogP contribution >= 0.6 is 11.6 Å². The molecule has 0 atom stereocenters. The van der Waals surface area contributed by atoms with Gasteiger partial charge in [-0.05, 0) is 55.7 Å². The Kier molecular flexibility index (Phi) is 3.56. The summed E-state index contributed by atoms with van der Waals surface area (Å²) in [5, 5.41) is 0.798. The number of hydrogen-bond donors (Lipinski definition) is 1. The molecule has 1 aliphatic carbocycles. The largest absolute Gasteiger partial charge is 0.325 e. The van der Waals surface area contributed by atoms with Crippen LogP contribution in [-0.2, 0) is 6.42 Å². The minimum Gasteiger partial charge on any atom is -0.325 e. The molecule has 0 heterocycles. The number of nitrogens with two attached hydrogens (primary N) is 1. The topological polar surface area (TPSA) is 26.0 Å². The molecule has 0 bridgehead atoms. The summed E-state index contributed by atoms with van der Waals surface area (Å²) in [4.78, 5) is 0. The van der Waals surface area contributed by atoms with Crippen LogP contribution in [0.15, 0.2) is 24.3 Å². The van der Waals surface area contributed by atoms with Crippen LogP contribution in [0.2, 0.25) is 5.02 Å². The molecule has 1 aromatic rings. The average molecular weight is 238 g/mol. The van der Waals surface area contributed by atoms with Gasteiger partial charge in [0.05, 0.1) is 0 Å². The molecule has 0 amide bonds. The van der Waals surface area contributed by atoms with Crippen LogP contribution in [0, 0.1) is 5.92 Å². The van der Waals surface area contributed by atoms with Crippen LogP contribution in [0.3, 0.4) is 0 Å². The highest BCUT2D eigenvalue weighted by Crippen LogP contribution is 2.32. The molecular weight excluding hydrogens is 218 g/mol. The van der Waals surface area contributed by atoms with E-state index in [-0.39, 0.29) is 5.54 Å². The van der Waals surface area contributed by atoms with Gasteiger partial charge in [-0.1, -0.05) is 30.7 Å². The summed E-state index contributed by atoms with van der Waals surface area (Å²) >= 11 is 5.88. The lowest BCUT2D eigenvalue weighted by Crippen LogP contribution is -2.45. The van der Waals surface area contributed by atoms with Gasteiger partial charge in [0.2, 0.25) is 0 Å². The van der Waals surface area contributed by atoms with E-state index in [1.165, 1.54) is 18.4 Å². The molecule has 1 aromatic carbocycles. The molecule has 0 saturated heterocycles. The van der Waals surface area contributed by atoms with Gasteiger partial charge in [0.15, 0.2) is 0 Å². The Hall–Kier alpha value is -0.530. The molecule has 1 nitrogen and oxygen atoms in total. The van der Waals surface area contributed by atoms with Crippen LogP contribution in [0.4, 0.5) is 0 Å². The SMILES string of the molecule is CC1CCC(N)(Cc2ccc(Cl)cc2)CC1. The summed E-state index contributed by atoms with van der Waals surface area (Å²) in [5.74, 6) is 0.849. The summed E-state index contributed by atoms with van der Waals surface area (Å²) in [6.45, 7) is 2.32. The zero-order chi connectivity index (χ0) is 11.6. The molecule has 0 radical (unpaired) electrons. The molecule has 2 heteroatoms. The minimum atomic E-state index is 0.0142. The fraction of sp³-hybridized carbons (Fsp3) is 0.571. The van der Waals surface area contributed by atoms with E-state index in [2.05, 4.69) is 19.1 Å². The molecule has 1 saturated carbocycles. The predicted molar refractivity (Wildman–Crippen MR) is 69.7 cm³/mol. The Morgan fingerprint density at radius 3 is 2.38 bits per heavy atom. The standard InChI is InChI=1S/C14H20ClN/c1-11-6-8-14(16,9-7-11)10-12-2-4-13(15)5-3-12/h2-5,11H,6-10,16H2,1H3. The summed E-state index contributed by atoms with van der Waals surface area (Å²) in [6, 6.07) is 8.08. The number of hydrogen-bond acceptors (Lipinski definition) is 1. The average Bonchev–Trinajstić information content (AvgIpc) is 2.27. The van der Waals surface area contributed by atoms with Crippen LogP contribution in [0.5, 0.6) is 0 Å². The fourth-order valence-corrected chi connectivity index (χ4v) is 2.65. The van der Waals surface area contributed by atoms with E-state index in [0.717, 1.165) is 30.2 Å². The molecule has 2 rings (SSSR count). The highest BCUT2D eigenvalue weighted by atomic mass is 35.5. The second-order valence-electron chi connectivity index (χ2n) is 5.35. The quantitative estimate of drug-likeness (QED) is 0.832. The highest BCUT2D eigenvalue weighted by Gasteiger charge is 2.30. The van der Waals surface area contributed by atoms with Crippen molar-refractivity contribution in [3.8, 4) is 0 Å². The maximum atomic E-state index is 6.46. The molecule has 0 spiro atoms. The van der Waals surface area contributed by atoms with Gasteiger partial charge in [-0.25, -0.2) is 0 Å². The number of benzene rings is 1. The molecule has 0 aliphatic heterocycles. The van der Waals surface area contributed by atoms with Crippen molar-refractivity contribution in [2.24, 2.45) is 11.7 Å². The first kappa shape index (κ1) is 11.9. The van der Waals surface area contributed by atoms with Crippen molar-refractivity contribution in [1.29, 1.82) is 0 Å². The summed E-state index contributed by atoms with van der Waals surface area (Å²) in [6.07, 6.45) is 5.82. The Labute approximate surface area is 103 Å². The summed E-state index contributed by atoms with van der Waals surface area (Å²) in [5.41, 5.74) is 7.78. The van der Waals surface area contributed by atoms with Crippen molar-refractivity contribution in [2.75, 3.05) is 0 Å². The Morgan fingerprint density at radius 2 is 1.81 bits per heavy atom. The Bertz CT molecular complexity index is 336. The third-order valence-corrected chi connectivity index (χ3v) is 3.99. The van der Waals surface area contributed by atoms with Crippen molar-refractivity contribution < 1.29 is 0 Å². The third-order valence-electron chi connectivity index (χ3n) is 3.74. The zero-order valence-electron chi connectivity index (χ0n) is 9.88. The van der Waals surface area contributed by atoms with Crippen molar-refractivity contribution in [1.82, 2.24) is 0 Å². The molecule has 0 unspecified atom stereocenters. The van der Waals surface area contributed by atoms with Crippen LogP contribution in [-0.4, -0.2) is 5.54 Å². The molecular formula is C14H20ClN. The van der Waals surface area contributed by atoms with Gasteiger partial charge in [0.25, 0.3) is 0 Å². The van der Waals surface area contributed by atoms with E-state index in [1.54, 1.807) is 0 Å². The van der Waals surface area contributed by atoms with Crippen molar-refractivity contribution >= 4 is 11.6 Å². The molecule has 1 fully saturated rings. The van der Waals surface area contributed by atoms with E-state index < -0.39 is 0 Å². The van der Waals surface area contributed by atoms with E-state index >= 15 is 0 Å². The smallest absolute Gasteiger partial charge is 0.0406 e. The Morgan fingerprint density at radius 1 is 1.25 bits per heavy atom. The maximum absolute atomic E-state index is 6.46. The van der Waals surface area contributed by atoms with Gasteiger partial charge < -0.3 is 5.73 Å². The third kappa shape index (κ3) is 2.99. The first-order valence-corrected chi connectivity index (χ1v) is 6.49. The lowest BCUT2D eigenvalue weighted by molar-refractivity contribution is 0.243. The zero-order valence-corrected chi connectivity index (χ0v) is 10.6. The number of rotatable bonds is 2. The second kappa shape index (κ2) is 4.77. The summed E-state index contributed by atoms with van der Waals surface area (Å²) < 4.78 is 0. The van der Waals surface area contributed by atoms with Crippen molar-refractivity contribution in [2.45, 2.75) is 44.6 Å². The van der Waals surface area contributed by atoms with E-state index in [0.29, 0.717) is 0 Å². The second-order valence-corrected chi connectivity index (χ2v) is 5.78. The first-order valence-electron chi connectivity index (χ1n) is 6.11. The first-order chi connectivity index (χ1) is 7.57. The van der Waals surface area contributed by atoms with Gasteiger partial charge in [-0.3, -0.25) is 0 Å². The lowest BCUT2D eigenvalue weighted by atomic mass is 9.75. The highest BCUT2D eigenvalue weighted by molar-refractivity contribution is 6.30. The van der Waals surface area contributed by atoms with Gasteiger partial charge in [0.1, 0.15) is 0 Å². The summed E-state index contributed by atoms with van der Waals surface area (Å²) in [7, 11) is 0. The van der Waals surface area contributed by atoms with E-state index in [9.17, 15) is 0 Å². The molecule has 2 N–H and O–H groups in total. The lowest BCUT2D eigenvalue weighted by Gasteiger charge is -2.36. The van der Waals surface area contributed by atoms with Crippen molar-refractivity contribution in [3.05, 3.63) is 34.9 Å². The minimum absolute atomic E-state index is 0.0142. The predicted octanol–water partition coefficient (Wildman–Crippen LogP) is 3.79. The monoisotopic (exact) mass is 237 g/mol. The van der Waals surface area contributed by atoms with Crippen LogP contribution in [0.1, 0.15) is 38.2 Å². The molecule has 0 aromatic heterocycles. The van der Waals surface area contributed by atoms with Crippen LogP contribution < -0.4 is 5.73 Å². The molecule has 88 valence electrons. The van der Waals surface area contributed by atoms with Gasteiger partial charge in [0, 0.05) is 10.6 Å². The van der Waals surface area contributed by atoms with Gasteiger partial charge in [-0.2, -0.15) is 0 Å². The van der Waals surface area contributed by atoms with Gasteiger partial charge >= 0.3 is 0 Å². The Balaban J connectivity index is 2.00. The van der Waals surface area contributed by atoms with E-state index in [4.69, 9.17) is 17.3 Å². The van der Waals surface area contributed by atoms with Crippen LogP contribution in [0.25, 0.3) is 0 Å². The fourth-order valence-electron chi connectivity index (χ4n) is 2.52. The maximum Gasteiger partial charge on any atom is 0.0406 e. The van der Waals surface area contributed by atoms with Gasteiger partial charge in [-0.15, -0.1) is 0 Å². The molecule has 16 heavy (non-hydrogen) atoms.